The second-order valence-corrected chi connectivity index (χ2v) is 8.28. The number of carbonyl (C=O) groups is 1. The minimum absolute atomic E-state index is 0.00741. The van der Waals surface area contributed by atoms with Crippen LogP contribution in [0.3, 0.4) is 0 Å². The number of aromatic nitrogens is 2. The first-order valence-corrected chi connectivity index (χ1v) is 10.1. The van der Waals surface area contributed by atoms with Gasteiger partial charge >= 0.3 is 0 Å². The predicted molar refractivity (Wildman–Crippen MR) is 98.6 cm³/mol. The van der Waals surface area contributed by atoms with Crippen LogP contribution in [-0.4, -0.2) is 68.6 Å². The molecule has 1 aromatic heterocycles. The Morgan fingerprint density at radius 1 is 1.27 bits per heavy atom. The molecule has 0 unspecified atom stereocenters. The summed E-state index contributed by atoms with van der Waals surface area (Å²) in [5.41, 5.74) is -0.0218. The summed E-state index contributed by atoms with van der Waals surface area (Å²) >= 11 is 0. The topological polar surface area (TPSA) is 69.6 Å². The molecule has 1 amide bonds. The van der Waals surface area contributed by atoms with E-state index < -0.39 is 5.60 Å². The molecule has 3 aliphatic rings. The molecule has 6 heteroatoms. The van der Waals surface area contributed by atoms with Crippen LogP contribution >= 0.6 is 0 Å². The van der Waals surface area contributed by atoms with E-state index in [1.807, 2.05) is 4.90 Å². The fourth-order valence-electron chi connectivity index (χ4n) is 5.40. The first kappa shape index (κ1) is 17.9. The summed E-state index contributed by atoms with van der Waals surface area (Å²) in [6, 6.07) is 0.535. The molecule has 1 aliphatic carbocycles. The zero-order valence-corrected chi connectivity index (χ0v) is 15.7. The summed E-state index contributed by atoms with van der Waals surface area (Å²) < 4.78 is 0. The number of likely N-dealkylation sites (tertiary alicyclic amines) is 2. The van der Waals surface area contributed by atoms with Gasteiger partial charge in [-0.3, -0.25) is 14.7 Å². The Labute approximate surface area is 155 Å². The molecule has 1 N–H and O–H groups in total. The Bertz CT molecular complexity index is 632. The van der Waals surface area contributed by atoms with Gasteiger partial charge in [-0.25, -0.2) is 4.98 Å². The normalized spacial score (nSPS) is 33.2. The van der Waals surface area contributed by atoms with E-state index in [9.17, 15) is 9.90 Å². The molecule has 0 bridgehead atoms. The largest absolute Gasteiger partial charge is 0.390 e. The molecule has 0 aromatic carbocycles. The summed E-state index contributed by atoms with van der Waals surface area (Å²) in [4.78, 5) is 25.2. The third-order valence-corrected chi connectivity index (χ3v) is 7.01. The fourth-order valence-corrected chi connectivity index (χ4v) is 5.40. The van der Waals surface area contributed by atoms with Crippen LogP contribution in [0.5, 0.6) is 0 Å². The molecular formula is C20H30N4O2. The highest BCUT2D eigenvalue weighted by molar-refractivity contribution is 5.92. The predicted octanol–water partition coefficient (Wildman–Crippen LogP) is 1.95. The summed E-state index contributed by atoms with van der Waals surface area (Å²) in [6.07, 6.45) is 11.0. The number of aliphatic hydroxyl groups is 1. The van der Waals surface area contributed by atoms with Crippen LogP contribution < -0.4 is 0 Å². The maximum absolute atomic E-state index is 12.5. The van der Waals surface area contributed by atoms with Gasteiger partial charge in [-0.2, -0.15) is 0 Å². The lowest BCUT2D eigenvalue weighted by atomic mass is 9.69. The van der Waals surface area contributed by atoms with E-state index in [1.165, 1.54) is 6.42 Å². The Balaban J connectivity index is 1.35. The number of hydrogen-bond acceptors (Lipinski definition) is 5. The first-order chi connectivity index (χ1) is 12.6. The molecule has 1 aromatic rings. The Kier molecular flexibility index (Phi) is 4.97. The maximum Gasteiger partial charge on any atom is 0.274 e. The highest BCUT2D eigenvalue weighted by Crippen LogP contribution is 2.45. The molecule has 3 fully saturated rings. The van der Waals surface area contributed by atoms with Gasteiger partial charge in [0.25, 0.3) is 5.91 Å². The number of nitrogens with zero attached hydrogens (tertiary/aromatic N) is 4. The average molecular weight is 358 g/mol. The van der Waals surface area contributed by atoms with Crippen LogP contribution in [0, 0.1) is 11.8 Å². The minimum Gasteiger partial charge on any atom is -0.390 e. The number of piperidine rings is 1. The van der Waals surface area contributed by atoms with Gasteiger partial charge in [0, 0.05) is 50.5 Å². The van der Waals surface area contributed by atoms with Gasteiger partial charge in [0.2, 0.25) is 0 Å². The molecule has 0 spiro atoms. The van der Waals surface area contributed by atoms with E-state index in [1.54, 1.807) is 18.6 Å². The molecular weight excluding hydrogens is 328 g/mol. The highest BCUT2D eigenvalue weighted by atomic mass is 16.3. The van der Waals surface area contributed by atoms with E-state index in [2.05, 4.69) is 21.8 Å². The van der Waals surface area contributed by atoms with Gasteiger partial charge in [-0.1, -0.05) is 13.3 Å². The molecule has 4 rings (SSSR count). The number of amides is 1. The number of hydrogen-bond donors (Lipinski definition) is 1. The lowest BCUT2D eigenvalue weighted by Gasteiger charge is -2.41. The average Bonchev–Trinajstić information content (AvgIpc) is 3.14. The molecule has 3 heterocycles. The molecule has 26 heavy (non-hydrogen) atoms. The molecule has 2 aliphatic heterocycles. The van der Waals surface area contributed by atoms with E-state index >= 15 is 0 Å². The van der Waals surface area contributed by atoms with Gasteiger partial charge in [-0.15, -0.1) is 0 Å². The van der Waals surface area contributed by atoms with E-state index in [-0.39, 0.29) is 5.91 Å². The van der Waals surface area contributed by atoms with Gasteiger partial charge in [0.15, 0.2) is 0 Å². The van der Waals surface area contributed by atoms with Crippen LogP contribution in [0.1, 0.15) is 55.9 Å². The fraction of sp³-hybridized carbons (Fsp3) is 0.750. The summed E-state index contributed by atoms with van der Waals surface area (Å²) in [7, 11) is 0. The second-order valence-electron chi connectivity index (χ2n) is 8.28. The summed E-state index contributed by atoms with van der Waals surface area (Å²) in [5, 5.41) is 11.0. The molecule has 0 radical (unpaired) electrons. The first-order valence-electron chi connectivity index (χ1n) is 10.1. The van der Waals surface area contributed by atoms with Crippen molar-refractivity contribution in [2.45, 2.75) is 57.1 Å². The van der Waals surface area contributed by atoms with E-state index in [0.29, 0.717) is 23.6 Å². The lowest BCUT2D eigenvalue weighted by molar-refractivity contribution is -0.0618. The monoisotopic (exact) mass is 358 g/mol. The molecule has 3 atom stereocenters. The maximum atomic E-state index is 12.5. The van der Waals surface area contributed by atoms with Crippen molar-refractivity contribution in [2.24, 2.45) is 11.8 Å². The van der Waals surface area contributed by atoms with Crippen molar-refractivity contribution < 1.29 is 9.90 Å². The highest BCUT2D eigenvalue weighted by Gasteiger charge is 2.49. The van der Waals surface area contributed by atoms with Crippen molar-refractivity contribution in [2.75, 3.05) is 26.2 Å². The van der Waals surface area contributed by atoms with Crippen LogP contribution in [0.15, 0.2) is 18.6 Å². The van der Waals surface area contributed by atoms with Crippen molar-refractivity contribution in [3.63, 3.8) is 0 Å². The zero-order chi connectivity index (χ0) is 18.1. The van der Waals surface area contributed by atoms with Gasteiger partial charge in [0.1, 0.15) is 5.69 Å². The SMILES string of the molecule is CC[C@]1(O)CCC[C@H]2CN(C3CCN(C(=O)c4cnccn4)CC3)C[C@H]21. The number of carbonyl (C=O) groups excluding carboxylic acids is 1. The summed E-state index contributed by atoms with van der Waals surface area (Å²) in [6.45, 7) is 5.84. The van der Waals surface area contributed by atoms with Crippen LogP contribution in [-0.2, 0) is 0 Å². The van der Waals surface area contributed by atoms with Gasteiger partial charge in [0.05, 0.1) is 11.8 Å². The van der Waals surface area contributed by atoms with Crippen LogP contribution in [0.25, 0.3) is 0 Å². The van der Waals surface area contributed by atoms with Crippen molar-refractivity contribution in [1.29, 1.82) is 0 Å². The number of rotatable bonds is 3. The zero-order valence-electron chi connectivity index (χ0n) is 15.7. The van der Waals surface area contributed by atoms with Gasteiger partial charge in [-0.05, 0) is 38.0 Å². The van der Waals surface area contributed by atoms with Crippen LogP contribution in [0.4, 0.5) is 0 Å². The van der Waals surface area contributed by atoms with E-state index in [4.69, 9.17) is 0 Å². The van der Waals surface area contributed by atoms with Gasteiger partial charge < -0.3 is 10.0 Å². The third-order valence-electron chi connectivity index (χ3n) is 7.01. The Morgan fingerprint density at radius 3 is 2.77 bits per heavy atom. The smallest absolute Gasteiger partial charge is 0.274 e. The quantitative estimate of drug-likeness (QED) is 0.894. The second kappa shape index (κ2) is 7.24. The lowest BCUT2D eigenvalue weighted by Crippen LogP contribution is -2.47. The Hall–Kier alpha value is -1.53. The molecule has 142 valence electrons. The van der Waals surface area contributed by atoms with Crippen molar-refractivity contribution >= 4 is 5.91 Å². The molecule has 2 saturated heterocycles. The standard InChI is InChI=1S/C20H30N4O2/c1-2-20(26)7-3-4-15-13-24(14-17(15)20)16-5-10-23(11-6-16)19(25)18-12-21-8-9-22-18/h8-9,12,15-17,26H,2-7,10-11,13-14H2,1H3/t15-,17+,20-/m0/s1. The molecule has 1 saturated carbocycles. The summed E-state index contributed by atoms with van der Waals surface area (Å²) in [5.74, 6) is 1.07. The van der Waals surface area contributed by atoms with E-state index in [0.717, 1.165) is 58.3 Å². The van der Waals surface area contributed by atoms with Crippen molar-refractivity contribution in [3.05, 3.63) is 24.3 Å². The van der Waals surface area contributed by atoms with Crippen LogP contribution in [0.2, 0.25) is 0 Å². The van der Waals surface area contributed by atoms with Crippen molar-refractivity contribution in [1.82, 2.24) is 19.8 Å². The number of fused-ring (bicyclic) bond motifs is 1. The molecule has 6 nitrogen and oxygen atoms in total. The minimum atomic E-state index is -0.458. The third kappa shape index (κ3) is 3.25. The van der Waals surface area contributed by atoms with Crippen molar-refractivity contribution in [3.8, 4) is 0 Å². The Morgan fingerprint density at radius 2 is 2.08 bits per heavy atom.